The van der Waals surface area contributed by atoms with Crippen molar-refractivity contribution < 1.29 is 8.83 Å². The lowest BCUT2D eigenvalue weighted by Gasteiger charge is -2.15. The van der Waals surface area contributed by atoms with Crippen LogP contribution in [-0.2, 0) is 0 Å². The smallest absolute Gasteiger partial charge is 0.188 e. The van der Waals surface area contributed by atoms with E-state index in [4.69, 9.17) is 15.4 Å². The summed E-state index contributed by atoms with van der Waals surface area (Å²) in [6, 6.07) is 41.4. The first-order valence-electron chi connectivity index (χ1n) is 14.0. The lowest BCUT2D eigenvalue weighted by atomic mass is 9.87. The van der Waals surface area contributed by atoms with E-state index < -0.39 is 0 Å². The minimum Gasteiger partial charge on any atom is -0.456 e. The summed E-state index contributed by atoms with van der Waals surface area (Å²) in [4.78, 5) is 3.64. The highest BCUT2D eigenvalue weighted by Crippen LogP contribution is 2.45. The second-order valence-electron chi connectivity index (χ2n) is 10.6. The van der Waals surface area contributed by atoms with Crippen molar-refractivity contribution in [2.75, 3.05) is 0 Å². The number of hydrogen-bond acceptors (Lipinski definition) is 4. The Kier molecular flexibility index (Phi) is 5.56. The monoisotopic (exact) mass is 561 g/mol. The van der Waals surface area contributed by atoms with Gasteiger partial charge in [0, 0.05) is 27.1 Å². The Morgan fingerprint density at radius 3 is 1.95 bits per heavy atom. The molecule has 8 aromatic rings. The molecule has 0 saturated heterocycles. The zero-order valence-electron chi connectivity index (χ0n) is 23.1. The van der Waals surface area contributed by atoms with E-state index in [2.05, 4.69) is 47.3 Å². The van der Waals surface area contributed by atoms with Crippen molar-refractivity contribution in [3.8, 4) is 45.5 Å². The van der Waals surface area contributed by atoms with E-state index in [0.717, 1.165) is 71.7 Å². The van der Waals surface area contributed by atoms with Gasteiger partial charge in [-0.25, -0.2) is 4.85 Å². The van der Waals surface area contributed by atoms with Gasteiger partial charge in [-0.3, -0.25) is 0 Å². The van der Waals surface area contributed by atoms with Crippen LogP contribution in [-0.4, -0.2) is 0 Å². The maximum absolute atomic E-state index is 10.1. The van der Waals surface area contributed by atoms with Crippen LogP contribution in [0.2, 0.25) is 0 Å². The largest absolute Gasteiger partial charge is 0.456 e. The molecule has 0 unspecified atom stereocenters. The third-order valence-corrected chi connectivity index (χ3v) is 8.19. The highest BCUT2D eigenvalue weighted by Gasteiger charge is 2.20. The molecular formula is C39H19N3O2. The van der Waals surface area contributed by atoms with Crippen molar-refractivity contribution >= 4 is 49.6 Å². The summed E-state index contributed by atoms with van der Waals surface area (Å²) < 4.78 is 12.4. The van der Waals surface area contributed by atoms with E-state index in [9.17, 15) is 10.5 Å². The van der Waals surface area contributed by atoms with Crippen molar-refractivity contribution in [3.63, 3.8) is 0 Å². The van der Waals surface area contributed by atoms with E-state index in [1.807, 2.05) is 72.8 Å². The van der Waals surface area contributed by atoms with E-state index in [-0.39, 0.29) is 0 Å². The number of nitrogens with zero attached hydrogens (tertiary/aromatic N) is 3. The first-order chi connectivity index (χ1) is 21.7. The fourth-order valence-electron chi connectivity index (χ4n) is 6.23. The number of rotatable bonds is 3. The Morgan fingerprint density at radius 2 is 1.20 bits per heavy atom. The average molecular weight is 562 g/mol. The molecule has 0 aliphatic rings. The average Bonchev–Trinajstić information content (AvgIpc) is 3.65. The molecule has 6 aromatic carbocycles. The summed E-state index contributed by atoms with van der Waals surface area (Å²) in [6.07, 6.45) is 0. The number of fused-ring (bicyclic) bond motifs is 6. The number of nitriles is 2. The van der Waals surface area contributed by atoms with Crippen LogP contribution >= 0.6 is 0 Å². The van der Waals surface area contributed by atoms with Crippen LogP contribution in [0.25, 0.3) is 82.1 Å². The zero-order valence-corrected chi connectivity index (χ0v) is 23.1. The summed E-state index contributed by atoms with van der Waals surface area (Å²) in [6.45, 7) is 7.55. The molecule has 2 aromatic heterocycles. The molecule has 0 radical (unpaired) electrons. The summed E-state index contributed by atoms with van der Waals surface area (Å²) in [7, 11) is 0. The molecule has 0 bridgehead atoms. The third kappa shape index (κ3) is 3.77. The van der Waals surface area contributed by atoms with Crippen LogP contribution in [0.1, 0.15) is 11.1 Å². The van der Waals surface area contributed by atoms with Crippen LogP contribution in [0.3, 0.4) is 0 Å². The normalized spacial score (nSPS) is 11.1. The van der Waals surface area contributed by atoms with Crippen molar-refractivity contribution in [1.82, 2.24) is 0 Å². The van der Waals surface area contributed by atoms with E-state index >= 15 is 0 Å². The van der Waals surface area contributed by atoms with Gasteiger partial charge in [-0.15, -0.1) is 0 Å². The Bertz CT molecular complexity index is 2600. The maximum Gasteiger partial charge on any atom is 0.188 e. The lowest BCUT2D eigenvalue weighted by molar-refractivity contribution is 0.668. The molecule has 44 heavy (non-hydrogen) atoms. The van der Waals surface area contributed by atoms with E-state index in [1.165, 1.54) is 0 Å². The SMILES string of the molecule is [C-]#[N+]c1ccc2oc3cccc(-c4ccc(-c5cccc6oc7ccc(C#N)cc7c56)cc4-c4ccccc4C#N)c3c2c1. The molecule has 5 nitrogen and oxygen atoms in total. The van der Waals surface area contributed by atoms with Crippen molar-refractivity contribution in [1.29, 1.82) is 10.5 Å². The van der Waals surface area contributed by atoms with Crippen LogP contribution in [0, 0.1) is 29.2 Å². The predicted octanol–water partition coefficient (Wildman–Crippen LogP) is 10.8. The van der Waals surface area contributed by atoms with Crippen molar-refractivity contribution in [3.05, 3.63) is 138 Å². The van der Waals surface area contributed by atoms with Crippen LogP contribution in [0.5, 0.6) is 0 Å². The molecule has 202 valence electrons. The van der Waals surface area contributed by atoms with Gasteiger partial charge in [0.1, 0.15) is 22.3 Å². The standard InChI is InChI=1S/C39H19N3O2/c1-42-26-14-17-35-33(20-26)39-30(9-5-11-37(39)44-35)29-15-13-24(19-31(29)27-7-3-2-6-25(27)22-41)28-8-4-10-36-38(28)32-18-23(21-40)12-16-34(32)43-36/h2-20H. The molecule has 0 fully saturated rings. The molecule has 0 aliphatic carbocycles. The van der Waals surface area contributed by atoms with Gasteiger partial charge < -0.3 is 8.83 Å². The Labute approximate surface area is 251 Å². The molecule has 8 rings (SSSR count). The number of furan rings is 2. The Morgan fingerprint density at radius 1 is 0.523 bits per heavy atom. The van der Waals surface area contributed by atoms with E-state index in [0.29, 0.717) is 22.4 Å². The minimum absolute atomic E-state index is 0.542. The molecular weight excluding hydrogens is 542 g/mol. The van der Waals surface area contributed by atoms with Gasteiger partial charge in [0.15, 0.2) is 5.69 Å². The van der Waals surface area contributed by atoms with Gasteiger partial charge in [0.05, 0.1) is 29.8 Å². The highest BCUT2D eigenvalue weighted by atomic mass is 16.3. The molecule has 0 atom stereocenters. The Hall–Kier alpha value is -6.61. The third-order valence-electron chi connectivity index (χ3n) is 8.19. The number of hydrogen-bond donors (Lipinski definition) is 0. The zero-order chi connectivity index (χ0) is 29.8. The summed E-state index contributed by atoms with van der Waals surface area (Å²) in [5.41, 5.74) is 10.1. The molecule has 2 heterocycles. The van der Waals surface area contributed by atoms with Gasteiger partial charge >= 0.3 is 0 Å². The summed E-state index contributed by atoms with van der Waals surface area (Å²) >= 11 is 0. The maximum atomic E-state index is 10.1. The van der Waals surface area contributed by atoms with Crippen LogP contribution in [0.15, 0.2) is 124 Å². The quantitative estimate of drug-likeness (QED) is 0.201. The molecule has 5 heteroatoms. The molecule has 0 aliphatic heterocycles. The molecule has 0 amide bonds. The van der Waals surface area contributed by atoms with Gasteiger partial charge in [-0.2, -0.15) is 10.5 Å². The van der Waals surface area contributed by atoms with Gasteiger partial charge in [0.2, 0.25) is 0 Å². The van der Waals surface area contributed by atoms with Crippen LogP contribution in [0.4, 0.5) is 5.69 Å². The fraction of sp³-hybridized carbons (Fsp3) is 0. The minimum atomic E-state index is 0.542. The first-order valence-corrected chi connectivity index (χ1v) is 14.0. The Balaban J connectivity index is 1.45. The topological polar surface area (TPSA) is 78.2 Å². The first kappa shape index (κ1) is 25.1. The van der Waals surface area contributed by atoms with Crippen molar-refractivity contribution in [2.45, 2.75) is 0 Å². The molecule has 0 spiro atoms. The number of benzene rings is 6. The summed E-state index contributed by atoms with van der Waals surface area (Å²) in [5, 5.41) is 23.3. The van der Waals surface area contributed by atoms with Crippen LogP contribution < -0.4 is 0 Å². The fourth-order valence-corrected chi connectivity index (χ4v) is 6.23. The molecule has 0 saturated carbocycles. The molecule has 0 N–H and O–H groups in total. The summed E-state index contributed by atoms with van der Waals surface area (Å²) in [5.74, 6) is 0. The lowest BCUT2D eigenvalue weighted by Crippen LogP contribution is -1.91. The van der Waals surface area contributed by atoms with E-state index in [1.54, 1.807) is 12.1 Å². The van der Waals surface area contributed by atoms with Gasteiger partial charge in [-0.05, 0) is 82.4 Å². The van der Waals surface area contributed by atoms with Crippen molar-refractivity contribution in [2.24, 2.45) is 0 Å². The second kappa shape index (κ2) is 9.74. The second-order valence-corrected chi connectivity index (χ2v) is 10.6. The van der Waals surface area contributed by atoms with Gasteiger partial charge in [-0.1, -0.05) is 60.7 Å². The van der Waals surface area contributed by atoms with Gasteiger partial charge in [0.25, 0.3) is 0 Å². The predicted molar refractivity (Wildman–Crippen MR) is 173 cm³/mol. The highest BCUT2D eigenvalue weighted by molar-refractivity contribution is 6.16.